The molecule has 6 heteroatoms. The predicted molar refractivity (Wildman–Crippen MR) is 102 cm³/mol. The molecule has 3 rings (SSSR count). The third kappa shape index (κ3) is 4.05. The lowest BCUT2D eigenvalue weighted by atomic mass is 9.92. The van der Waals surface area contributed by atoms with Gasteiger partial charge in [0.25, 0.3) is 0 Å². The Labute approximate surface area is 157 Å². The van der Waals surface area contributed by atoms with Crippen LogP contribution in [0.5, 0.6) is 0 Å². The molecule has 1 aliphatic heterocycles. The van der Waals surface area contributed by atoms with Crippen molar-refractivity contribution in [3.05, 3.63) is 18.0 Å². The van der Waals surface area contributed by atoms with Crippen LogP contribution < -0.4 is 5.32 Å². The number of urea groups is 1. The van der Waals surface area contributed by atoms with E-state index in [1.165, 1.54) is 12.8 Å². The van der Waals surface area contributed by atoms with Crippen LogP contribution >= 0.6 is 0 Å². The number of nitrogens with zero attached hydrogens (tertiary/aromatic N) is 3. The molecule has 0 radical (unpaired) electrons. The van der Waals surface area contributed by atoms with Crippen molar-refractivity contribution >= 4 is 6.03 Å². The number of nitrogens with one attached hydrogen (secondary N) is 1. The highest BCUT2D eigenvalue weighted by Crippen LogP contribution is 2.40. The topological polar surface area (TPSA) is 59.4 Å². The number of morpholine rings is 1. The van der Waals surface area contributed by atoms with Gasteiger partial charge < -0.3 is 15.0 Å². The number of aromatic nitrogens is 2. The molecule has 1 atom stereocenters. The summed E-state index contributed by atoms with van der Waals surface area (Å²) in [4.78, 5) is 14.9. The molecule has 1 saturated heterocycles. The predicted octanol–water partition coefficient (Wildman–Crippen LogP) is 3.29. The van der Waals surface area contributed by atoms with Crippen LogP contribution in [0.15, 0.2) is 12.3 Å². The van der Waals surface area contributed by atoms with E-state index in [9.17, 15) is 4.79 Å². The van der Waals surface area contributed by atoms with Gasteiger partial charge >= 0.3 is 6.03 Å². The maximum atomic E-state index is 12.9. The average Bonchev–Trinajstić information content (AvgIpc) is 3.15. The van der Waals surface area contributed by atoms with E-state index in [0.717, 1.165) is 18.5 Å². The zero-order chi connectivity index (χ0) is 18.9. The Morgan fingerprint density at radius 3 is 2.58 bits per heavy atom. The molecular formula is C20H34N4O2. The molecule has 1 aliphatic carbocycles. The summed E-state index contributed by atoms with van der Waals surface area (Å²) in [6, 6.07) is 2.07. The van der Waals surface area contributed by atoms with Crippen molar-refractivity contribution in [1.82, 2.24) is 20.0 Å². The van der Waals surface area contributed by atoms with Crippen LogP contribution in [0.3, 0.4) is 0 Å². The van der Waals surface area contributed by atoms with Crippen LogP contribution in [-0.4, -0.2) is 51.5 Å². The summed E-state index contributed by atoms with van der Waals surface area (Å²) in [6.07, 6.45) is 6.33. The standard InChI is InChI=1S/C20H34N4O2/c1-15(2)16(17-8-11-22-23(17)5)12-21-18(25)24-13-19(3,4)26-20(14-24)9-6-7-10-20/h8,11,15-16H,6-7,9-10,12-14H2,1-5H3,(H,21,25). The van der Waals surface area contributed by atoms with E-state index in [2.05, 4.69) is 38.1 Å². The summed E-state index contributed by atoms with van der Waals surface area (Å²) < 4.78 is 8.31. The molecule has 1 spiro atoms. The first-order chi connectivity index (χ1) is 12.2. The van der Waals surface area contributed by atoms with E-state index in [4.69, 9.17) is 4.74 Å². The first-order valence-electron chi connectivity index (χ1n) is 9.92. The molecule has 1 unspecified atom stereocenters. The van der Waals surface area contributed by atoms with E-state index < -0.39 is 0 Å². The van der Waals surface area contributed by atoms with Crippen molar-refractivity contribution in [3.8, 4) is 0 Å². The van der Waals surface area contributed by atoms with Crippen LogP contribution in [0.1, 0.15) is 65.0 Å². The van der Waals surface area contributed by atoms with Gasteiger partial charge in [0.15, 0.2) is 0 Å². The fourth-order valence-corrected chi connectivity index (χ4v) is 4.68. The van der Waals surface area contributed by atoms with Gasteiger partial charge in [-0.2, -0.15) is 5.10 Å². The molecule has 26 heavy (non-hydrogen) atoms. The van der Waals surface area contributed by atoms with Crippen molar-refractivity contribution in [2.24, 2.45) is 13.0 Å². The van der Waals surface area contributed by atoms with E-state index in [1.54, 1.807) is 0 Å². The number of carbonyl (C=O) groups excluding carboxylic acids is 1. The lowest BCUT2D eigenvalue weighted by molar-refractivity contribution is -0.184. The molecule has 2 amide bonds. The molecule has 1 saturated carbocycles. The van der Waals surface area contributed by atoms with E-state index >= 15 is 0 Å². The van der Waals surface area contributed by atoms with Gasteiger partial charge in [-0.25, -0.2) is 4.79 Å². The first-order valence-corrected chi connectivity index (χ1v) is 9.92. The highest BCUT2D eigenvalue weighted by molar-refractivity contribution is 5.74. The number of amides is 2. The third-order valence-corrected chi connectivity index (χ3v) is 5.86. The second kappa shape index (κ2) is 7.22. The minimum Gasteiger partial charge on any atom is -0.365 e. The highest BCUT2D eigenvalue weighted by atomic mass is 16.5. The van der Waals surface area contributed by atoms with Gasteiger partial charge in [-0.3, -0.25) is 4.68 Å². The van der Waals surface area contributed by atoms with Gasteiger partial charge in [0.2, 0.25) is 0 Å². The molecule has 6 nitrogen and oxygen atoms in total. The summed E-state index contributed by atoms with van der Waals surface area (Å²) in [5.74, 6) is 0.675. The molecule has 1 aromatic heterocycles. The van der Waals surface area contributed by atoms with Crippen molar-refractivity contribution < 1.29 is 9.53 Å². The van der Waals surface area contributed by atoms with Crippen LogP contribution in [0.25, 0.3) is 0 Å². The largest absolute Gasteiger partial charge is 0.365 e. The normalized spacial score (nSPS) is 22.8. The molecule has 1 aromatic rings. The zero-order valence-electron chi connectivity index (χ0n) is 16.9. The smallest absolute Gasteiger partial charge is 0.317 e. The Morgan fingerprint density at radius 1 is 1.31 bits per heavy atom. The minimum atomic E-state index is -0.292. The second-order valence-electron chi connectivity index (χ2n) is 9.02. The van der Waals surface area contributed by atoms with Gasteiger partial charge in [-0.05, 0) is 38.7 Å². The lowest BCUT2D eigenvalue weighted by Crippen LogP contribution is -2.61. The Morgan fingerprint density at radius 2 is 2.00 bits per heavy atom. The SMILES string of the molecule is CC(C)C(CNC(=O)N1CC(C)(C)OC2(CCCC2)C1)c1ccnn1C. The Kier molecular flexibility index (Phi) is 5.33. The van der Waals surface area contributed by atoms with Gasteiger partial charge in [0.1, 0.15) is 0 Å². The van der Waals surface area contributed by atoms with E-state index in [1.807, 2.05) is 28.9 Å². The third-order valence-electron chi connectivity index (χ3n) is 5.86. The van der Waals surface area contributed by atoms with Crippen molar-refractivity contribution in [1.29, 1.82) is 0 Å². The fraction of sp³-hybridized carbons (Fsp3) is 0.800. The molecule has 2 aliphatic rings. The summed E-state index contributed by atoms with van der Waals surface area (Å²) in [6.45, 7) is 10.5. The van der Waals surface area contributed by atoms with E-state index in [0.29, 0.717) is 25.6 Å². The molecule has 1 N–H and O–H groups in total. The summed E-state index contributed by atoms with van der Waals surface area (Å²) in [5, 5.41) is 7.46. The minimum absolute atomic E-state index is 0.0282. The summed E-state index contributed by atoms with van der Waals surface area (Å²) in [5.41, 5.74) is 0.729. The second-order valence-corrected chi connectivity index (χ2v) is 9.02. The monoisotopic (exact) mass is 362 g/mol. The van der Waals surface area contributed by atoms with Gasteiger partial charge in [-0.1, -0.05) is 26.7 Å². The molecule has 0 bridgehead atoms. The Hall–Kier alpha value is -1.56. The quantitative estimate of drug-likeness (QED) is 0.894. The van der Waals surface area contributed by atoms with Crippen molar-refractivity contribution in [3.63, 3.8) is 0 Å². The number of carbonyl (C=O) groups is 1. The number of rotatable bonds is 4. The number of ether oxygens (including phenoxy) is 1. The molecular weight excluding hydrogens is 328 g/mol. The molecule has 2 heterocycles. The fourth-order valence-electron chi connectivity index (χ4n) is 4.68. The maximum Gasteiger partial charge on any atom is 0.317 e. The van der Waals surface area contributed by atoms with Gasteiger partial charge in [-0.15, -0.1) is 0 Å². The number of hydrogen-bond acceptors (Lipinski definition) is 3. The van der Waals surface area contributed by atoms with Crippen molar-refractivity contribution in [2.45, 2.75) is 70.5 Å². The van der Waals surface area contributed by atoms with Crippen LogP contribution in [0.2, 0.25) is 0 Å². The van der Waals surface area contributed by atoms with Gasteiger partial charge in [0.05, 0.1) is 24.3 Å². The van der Waals surface area contributed by atoms with Crippen LogP contribution in [-0.2, 0) is 11.8 Å². The van der Waals surface area contributed by atoms with Gasteiger partial charge in [0, 0.05) is 31.4 Å². The number of hydrogen-bond donors (Lipinski definition) is 1. The average molecular weight is 363 g/mol. The molecule has 0 aromatic carbocycles. The van der Waals surface area contributed by atoms with Crippen LogP contribution in [0.4, 0.5) is 4.79 Å². The Bertz CT molecular complexity index is 632. The number of aryl methyl sites for hydroxylation is 1. The maximum absolute atomic E-state index is 12.9. The zero-order valence-corrected chi connectivity index (χ0v) is 16.9. The molecule has 146 valence electrons. The lowest BCUT2D eigenvalue weighted by Gasteiger charge is -2.48. The molecule has 2 fully saturated rings. The van der Waals surface area contributed by atoms with Crippen LogP contribution in [0, 0.1) is 5.92 Å². The Balaban J connectivity index is 1.66. The van der Waals surface area contributed by atoms with E-state index in [-0.39, 0.29) is 23.2 Å². The van der Waals surface area contributed by atoms with Crippen molar-refractivity contribution in [2.75, 3.05) is 19.6 Å². The summed E-state index contributed by atoms with van der Waals surface area (Å²) in [7, 11) is 1.96. The highest BCUT2D eigenvalue weighted by Gasteiger charge is 2.47. The first kappa shape index (κ1) is 19.2. The summed E-state index contributed by atoms with van der Waals surface area (Å²) >= 11 is 0.